The van der Waals surface area contributed by atoms with Crippen molar-refractivity contribution in [3.05, 3.63) is 11.1 Å². The maximum absolute atomic E-state index is 9.84. The van der Waals surface area contributed by atoms with E-state index in [1.54, 1.807) is 0 Å². The van der Waals surface area contributed by atoms with Crippen LogP contribution in [0.3, 0.4) is 0 Å². The Morgan fingerprint density at radius 1 is 1.56 bits per heavy atom. The van der Waals surface area contributed by atoms with Gasteiger partial charge in [-0.15, -0.1) is 0 Å². The highest BCUT2D eigenvalue weighted by Crippen LogP contribution is 2.17. The second-order valence-corrected chi connectivity index (χ2v) is 2.70. The average molecular weight is 189 g/mol. The fraction of sp³-hybridized carbons (Fsp3) is 0.250. The van der Waals surface area contributed by atoms with Gasteiger partial charge >= 0.3 is 5.97 Å². The van der Waals surface area contributed by atoms with Crippen molar-refractivity contribution in [2.45, 2.75) is 4.84 Å². The van der Waals surface area contributed by atoms with Crippen molar-refractivity contribution >= 4 is 40.8 Å². The zero-order valence-electron chi connectivity index (χ0n) is 4.14. The number of hydrogen-bond acceptors (Lipinski definition) is 1. The highest BCUT2D eigenvalue weighted by Gasteiger charge is 2.04. The van der Waals surface area contributed by atoms with E-state index in [9.17, 15) is 4.79 Å². The molecule has 0 heterocycles. The fourth-order valence-electron chi connectivity index (χ4n) is 0.181. The zero-order chi connectivity index (χ0) is 7.44. The first-order valence-electron chi connectivity index (χ1n) is 1.92. The largest absolute Gasteiger partial charge is 0.478 e. The molecule has 0 saturated heterocycles. The topological polar surface area (TPSA) is 37.3 Å². The Kier molecular flexibility index (Phi) is 4.02. The van der Waals surface area contributed by atoms with Gasteiger partial charge in [-0.25, -0.2) is 4.79 Å². The summed E-state index contributed by atoms with van der Waals surface area (Å²) in [5, 5.41) is 7.96. The molecule has 2 nitrogen and oxygen atoms in total. The molecule has 0 rings (SSSR count). The predicted molar refractivity (Wildman–Crippen MR) is 37.1 cm³/mol. The first-order chi connectivity index (χ1) is 4.04. The minimum Gasteiger partial charge on any atom is -0.478 e. The van der Waals surface area contributed by atoms with Crippen molar-refractivity contribution < 1.29 is 9.90 Å². The molecule has 0 saturated carbocycles. The van der Waals surface area contributed by atoms with E-state index in [2.05, 4.69) is 0 Å². The molecule has 1 N–H and O–H groups in total. The van der Waals surface area contributed by atoms with Crippen LogP contribution in [0.1, 0.15) is 0 Å². The number of rotatable bonds is 2. The molecule has 0 spiro atoms. The molecule has 0 aliphatic rings. The molecular weight excluding hydrogens is 186 g/mol. The monoisotopic (exact) mass is 188 g/mol. The van der Waals surface area contributed by atoms with Gasteiger partial charge in [-0.2, -0.15) is 0 Å². The van der Waals surface area contributed by atoms with E-state index < -0.39 is 10.8 Å². The second kappa shape index (κ2) is 3.99. The third kappa shape index (κ3) is 4.58. The van der Waals surface area contributed by atoms with Gasteiger partial charge in [0.1, 0.15) is 4.84 Å². The number of carboxylic acids is 1. The van der Waals surface area contributed by atoms with Crippen LogP contribution in [0.2, 0.25) is 0 Å². The molecule has 52 valence electrons. The lowest BCUT2D eigenvalue weighted by molar-refractivity contribution is -0.131. The van der Waals surface area contributed by atoms with Crippen LogP contribution in [0.15, 0.2) is 11.1 Å². The first-order valence-corrected chi connectivity index (χ1v) is 3.17. The Labute approximate surface area is 67.0 Å². The number of carboxylic acid groups (broad SMARTS) is 1. The third-order valence-electron chi connectivity index (χ3n) is 0.470. The van der Waals surface area contributed by atoms with Crippen LogP contribution in [0.5, 0.6) is 0 Å². The van der Waals surface area contributed by atoms with Gasteiger partial charge in [-0.05, 0) is 0 Å². The van der Waals surface area contributed by atoms with Crippen molar-refractivity contribution in [2.24, 2.45) is 0 Å². The van der Waals surface area contributed by atoms with Crippen molar-refractivity contribution in [2.75, 3.05) is 0 Å². The molecule has 0 aromatic carbocycles. The number of halogens is 3. The summed E-state index contributed by atoms with van der Waals surface area (Å²) in [5.74, 6) is -1.16. The second-order valence-electron chi connectivity index (χ2n) is 1.17. The molecule has 0 aliphatic carbocycles. The number of aliphatic carboxylic acids is 1. The lowest BCUT2D eigenvalue weighted by Crippen LogP contribution is -1.93. The Balaban J connectivity index is 4.00. The Bertz CT molecular complexity index is 141. The zero-order valence-corrected chi connectivity index (χ0v) is 6.41. The summed E-state index contributed by atoms with van der Waals surface area (Å²) in [5.41, 5.74) is 0. The van der Waals surface area contributed by atoms with Gasteiger partial charge in [-0.3, -0.25) is 0 Å². The molecule has 0 radical (unpaired) electrons. The maximum atomic E-state index is 9.84. The minimum atomic E-state index is -1.16. The maximum Gasteiger partial charge on any atom is 0.329 e. The smallest absolute Gasteiger partial charge is 0.329 e. The third-order valence-corrected chi connectivity index (χ3v) is 1.49. The number of alkyl halides is 2. The van der Waals surface area contributed by atoms with Crippen LogP contribution < -0.4 is 0 Å². The molecule has 0 bridgehead atoms. The SMILES string of the molecule is O=C(O)C=C(Cl)C(Cl)Cl. The number of carbonyl (C=O) groups is 1. The van der Waals surface area contributed by atoms with Crippen molar-refractivity contribution in [3.63, 3.8) is 0 Å². The van der Waals surface area contributed by atoms with Crippen LogP contribution in [-0.4, -0.2) is 15.9 Å². The van der Waals surface area contributed by atoms with Gasteiger partial charge < -0.3 is 5.11 Å². The van der Waals surface area contributed by atoms with Gasteiger partial charge in [0.05, 0.1) is 5.03 Å². The summed E-state index contributed by atoms with van der Waals surface area (Å²) < 4.78 is 0. The van der Waals surface area contributed by atoms with Gasteiger partial charge in [-0.1, -0.05) is 34.8 Å². The summed E-state index contributed by atoms with van der Waals surface area (Å²) in [6.07, 6.45) is 0.742. The molecule has 0 aromatic heterocycles. The fourth-order valence-corrected chi connectivity index (χ4v) is 0.400. The van der Waals surface area contributed by atoms with Gasteiger partial charge in [0, 0.05) is 6.08 Å². The molecule has 5 heteroatoms. The summed E-state index contributed by atoms with van der Waals surface area (Å²) in [6.45, 7) is 0. The number of hydrogen-bond donors (Lipinski definition) is 1. The van der Waals surface area contributed by atoms with Gasteiger partial charge in [0.25, 0.3) is 0 Å². The molecule has 9 heavy (non-hydrogen) atoms. The molecule has 0 fully saturated rings. The van der Waals surface area contributed by atoms with Crippen LogP contribution >= 0.6 is 34.8 Å². The molecule has 0 aromatic rings. The number of allylic oxidation sites excluding steroid dienone is 1. The van der Waals surface area contributed by atoms with Crippen molar-refractivity contribution in [1.29, 1.82) is 0 Å². The first kappa shape index (κ1) is 9.08. The van der Waals surface area contributed by atoms with Crippen molar-refractivity contribution in [1.82, 2.24) is 0 Å². The van der Waals surface area contributed by atoms with Crippen LogP contribution in [0.4, 0.5) is 0 Å². The molecule has 0 aliphatic heterocycles. The van der Waals surface area contributed by atoms with E-state index >= 15 is 0 Å². The van der Waals surface area contributed by atoms with E-state index in [0.717, 1.165) is 6.08 Å². The summed E-state index contributed by atoms with van der Waals surface area (Å²) in [4.78, 5) is 8.88. The summed E-state index contributed by atoms with van der Waals surface area (Å²) >= 11 is 15.6. The summed E-state index contributed by atoms with van der Waals surface area (Å²) in [6, 6.07) is 0. The highest BCUT2D eigenvalue weighted by molar-refractivity contribution is 6.52. The van der Waals surface area contributed by atoms with Crippen molar-refractivity contribution in [3.8, 4) is 0 Å². The average Bonchev–Trinajstić information content (AvgIpc) is 1.63. The van der Waals surface area contributed by atoms with Crippen LogP contribution in [-0.2, 0) is 4.79 Å². The molecule has 0 amide bonds. The normalized spacial score (nSPS) is 12.2. The highest BCUT2D eigenvalue weighted by atomic mass is 35.5. The quantitative estimate of drug-likeness (QED) is 0.533. The minimum absolute atomic E-state index is 0.0918. The standard InChI is InChI=1S/C4H3Cl3O2/c5-2(4(6)7)1-3(8)9/h1,4H,(H,8,9). The van der Waals surface area contributed by atoms with E-state index in [1.807, 2.05) is 0 Å². The van der Waals surface area contributed by atoms with E-state index in [1.165, 1.54) is 0 Å². The van der Waals surface area contributed by atoms with Gasteiger partial charge in [0.15, 0.2) is 0 Å². The van der Waals surface area contributed by atoms with E-state index in [4.69, 9.17) is 39.9 Å². The lowest BCUT2D eigenvalue weighted by Gasteiger charge is -1.93. The molecule has 0 unspecified atom stereocenters. The molecular formula is C4H3Cl3O2. The van der Waals surface area contributed by atoms with E-state index in [0.29, 0.717) is 0 Å². The predicted octanol–water partition coefficient (Wildman–Crippen LogP) is 2.00. The summed E-state index contributed by atoms with van der Waals surface area (Å²) in [7, 11) is 0. The van der Waals surface area contributed by atoms with Gasteiger partial charge in [0.2, 0.25) is 0 Å². The molecule has 0 atom stereocenters. The Hall–Kier alpha value is 0.0800. The Morgan fingerprint density at radius 3 is 2.11 bits per heavy atom. The van der Waals surface area contributed by atoms with Crippen LogP contribution in [0.25, 0.3) is 0 Å². The Morgan fingerprint density at radius 2 is 2.00 bits per heavy atom. The van der Waals surface area contributed by atoms with Crippen LogP contribution in [0, 0.1) is 0 Å². The van der Waals surface area contributed by atoms with E-state index in [-0.39, 0.29) is 5.03 Å². The lowest BCUT2D eigenvalue weighted by atomic mass is 10.5.